The van der Waals surface area contributed by atoms with Crippen LogP contribution in [0, 0.1) is 0 Å². The number of rotatable bonds is 17. The Morgan fingerprint density at radius 2 is 1.09 bits per heavy atom. The highest BCUT2D eigenvalue weighted by Gasteiger charge is 2.12. The van der Waals surface area contributed by atoms with Gasteiger partial charge in [-0.2, -0.15) is 10.1 Å². The van der Waals surface area contributed by atoms with Crippen molar-refractivity contribution in [1.82, 2.24) is 5.48 Å². The molecule has 0 atom stereocenters. The molecule has 0 saturated heterocycles. The molecule has 0 aromatic heterocycles. The first-order chi connectivity index (χ1) is 10.6. The van der Waals surface area contributed by atoms with E-state index in [-0.39, 0.29) is 0 Å². The number of hydrogen-bond donors (Lipinski definition) is 3. The molecule has 3 N–H and O–H groups in total. The molecule has 0 unspecified atom stereocenters. The third kappa shape index (κ3) is 20.1. The SMILES string of the molecule is CCCCCCCCCCCCCCCCNOP(=O)(O)O. The number of hydroxylamine groups is 1. The van der Waals surface area contributed by atoms with Gasteiger partial charge in [0.1, 0.15) is 0 Å². The van der Waals surface area contributed by atoms with Crippen LogP contribution in [0.15, 0.2) is 0 Å². The van der Waals surface area contributed by atoms with Crippen LogP contribution >= 0.6 is 7.82 Å². The van der Waals surface area contributed by atoms with Crippen molar-refractivity contribution >= 4 is 7.82 Å². The maximum atomic E-state index is 10.4. The second-order valence-corrected chi connectivity index (χ2v) is 7.24. The molecule has 0 aliphatic rings. The van der Waals surface area contributed by atoms with Gasteiger partial charge in [0.25, 0.3) is 0 Å². The lowest BCUT2D eigenvalue weighted by atomic mass is 10.0. The van der Waals surface area contributed by atoms with Gasteiger partial charge in [-0.05, 0) is 6.42 Å². The van der Waals surface area contributed by atoms with Gasteiger partial charge in [0.05, 0.1) is 0 Å². The van der Waals surface area contributed by atoms with Crippen LogP contribution in [0.2, 0.25) is 0 Å². The largest absolute Gasteiger partial charge is 0.486 e. The predicted octanol–water partition coefficient (Wildman–Crippen LogP) is 5.08. The zero-order valence-electron chi connectivity index (χ0n) is 14.3. The Bertz CT molecular complexity index is 271. The van der Waals surface area contributed by atoms with E-state index >= 15 is 0 Å². The first kappa shape index (κ1) is 22.1. The summed E-state index contributed by atoms with van der Waals surface area (Å²) in [6.07, 6.45) is 18.2. The molecular formula is C16H36NO4P. The Labute approximate surface area is 136 Å². The minimum Gasteiger partial charge on any atom is -0.302 e. The van der Waals surface area contributed by atoms with E-state index in [1.54, 1.807) is 0 Å². The minimum absolute atomic E-state index is 0.489. The second-order valence-electron chi connectivity index (χ2n) is 6.07. The van der Waals surface area contributed by atoms with Gasteiger partial charge in [-0.15, -0.1) is 0 Å². The van der Waals surface area contributed by atoms with Crippen molar-refractivity contribution in [2.75, 3.05) is 6.54 Å². The minimum atomic E-state index is -4.37. The van der Waals surface area contributed by atoms with Crippen LogP contribution in [-0.2, 0) is 9.19 Å². The lowest BCUT2D eigenvalue weighted by Gasteiger charge is -2.06. The highest BCUT2D eigenvalue weighted by molar-refractivity contribution is 7.46. The van der Waals surface area contributed by atoms with Crippen LogP contribution in [0.5, 0.6) is 0 Å². The molecule has 0 saturated carbocycles. The van der Waals surface area contributed by atoms with Crippen molar-refractivity contribution in [1.29, 1.82) is 0 Å². The smallest absolute Gasteiger partial charge is 0.302 e. The summed E-state index contributed by atoms with van der Waals surface area (Å²) in [5, 5.41) is 0. The fourth-order valence-corrected chi connectivity index (χ4v) is 2.78. The zero-order chi connectivity index (χ0) is 16.5. The number of hydrogen-bond acceptors (Lipinski definition) is 3. The molecule has 22 heavy (non-hydrogen) atoms. The molecule has 134 valence electrons. The van der Waals surface area contributed by atoms with Crippen LogP contribution in [0.25, 0.3) is 0 Å². The normalized spacial score (nSPS) is 12.0. The standard InChI is InChI=1S/C16H36NO4P/c1-2-3-4-5-6-7-8-9-10-11-12-13-14-15-16-17-21-22(18,19)20/h17H,2-16H2,1H3,(H2,18,19,20). The molecular weight excluding hydrogens is 301 g/mol. The third-order valence-corrected chi connectivity index (χ3v) is 4.18. The fourth-order valence-electron chi connectivity index (χ4n) is 2.52. The highest BCUT2D eigenvalue weighted by atomic mass is 31.2. The van der Waals surface area contributed by atoms with Crippen molar-refractivity contribution < 1.29 is 19.0 Å². The van der Waals surface area contributed by atoms with Gasteiger partial charge in [0, 0.05) is 6.54 Å². The van der Waals surface area contributed by atoms with Crippen molar-refractivity contribution in [3.05, 3.63) is 0 Å². The van der Waals surface area contributed by atoms with Gasteiger partial charge in [-0.3, -0.25) is 0 Å². The van der Waals surface area contributed by atoms with Gasteiger partial charge < -0.3 is 9.79 Å². The zero-order valence-corrected chi connectivity index (χ0v) is 15.2. The molecule has 0 radical (unpaired) electrons. The predicted molar refractivity (Wildman–Crippen MR) is 91.4 cm³/mol. The summed E-state index contributed by atoms with van der Waals surface area (Å²) in [5.41, 5.74) is 2.31. The highest BCUT2D eigenvalue weighted by Crippen LogP contribution is 2.33. The maximum Gasteiger partial charge on any atom is 0.486 e. The van der Waals surface area contributed by atoms with Gasteiger partial charge in [-0.1, -0.05) is 90.4 Å². The number of phosphoric acid groups is 1. The third-order valence-electron chi connectivity index (χ3n) is 3.82. The van der Waals surface area contributed by atoms with E-state index in [4.69, 9.17) is 9.79 Å². The van der Waals surface area contributed by atoms with Gasteiger partial charge in [0.15, 0.2) is 0 Å². The Morgan fingerprint density at radius 1 is 0.727 bits per heavy atom. The molecule has 0 rings (SSSR count). The van der Waals surface area contributed by atoms with Crippen LogP contribution < -0.4 is 5.48 Å². The number of unbranched alkanes of at least 4 members (excludes halogenated alkanes) is 13. The molecule has 0 amide bonds. The van der Waals surface area contributed by atoms with Crippen molar-refractivity contribution in [2.24, 2.45) is 0 Å². The van der Waals surface area contributed by atoms with Crippen LogP contribution in [0.4, 0.5) is 0 Å². The maximum absolute atomic E-state index is 10.4. The molecule has 6 heteroatoms. The monoisotopic (exact) mass is 337 g/mol. The van der Waals surface area contributed by atoms with E-state index in [9.17, 15) is 4.57 Å². The molecule has 0 aliphatic carbocycles. The summed E-state index contributed by atoms with van der Waals surface area (Å²) < 4.78 is 14.5. The van der Waals surface area contributed by atoms with Gasteiger partial charge >= 0.3 is 7.82 Å². The van der Waals surface area contributed by atoms with Gasteiger partial charge in [0.2, 0.25) is 0 Å². The first-order valence-corrected chi connectivity index (χ1v) is 10.6. The van der Waals surface area contributed by atoms with E-state index in [0.29, 0.717) is 6.54 Å². The summed E-state index contributed by atoms with van der Waals surface area (Å²) in [4.78, 5) is 16.9. The topological polar surface area (TPSA) is 78.8 Å². The first-order valence-electron chi connectivity index (χ1n) is 9.03. The van der Waals surface area contributed by atoms with E-state index < -0.39 is 7.82 Å². The van der Waals surface area contributed by atoms with E-state index in [1.807, 2.05) is 0 Å². The van der Waals surface area contributed by atoms with Crippen LogP contribution in [-0.4, -0.2) is 16.3 Å². The quantitative estimate of drug-likeness (QED) is 0.196. The lowest BCUT2D eigenvalue weighted by molar-refractivity contribution is 0.124. The summed E-state index contributed by atoms with van der Waals surface area (Å²) in [6.45, 7) is 2.75. The number of nitrogens with one attached hydrogen (secondary N) is 1. The van der Waals surface area contributed by atoms with E-state index in [0.717, 1.165) is 12.8 Å². The van der Waals surface area contributed by atoms with Crippen LogP contribution in [0.3, 0.4) is 0 Å². The summed E-state index contributed by atoms with van der Waals surface area (Å²) in [6, 6.07) is 0. The van der Waals surface area contributed by atoms with Gasteiger partial charge in [-0.25, -0.2) is 4.57 Å². The molecule has 0 aliphatic heterocycles. The summed E-state index contributed by atoms with van der Waals surface area (Å²) in [7, 11) is -4.37. The second kappa shape index (κ2) is 15.9. The summed E-state index contributed by atoms with van der Waals surface area (Å²) >= 11 is 0. The van der Waals surface area contributed by atoms with Crippen molar-refractivity contribution in [3.8, 4) is 0 Å². The average Bonchev–Trinajstić information content (AvgIpc) is 2.45. The molecule has 0 heterocycles. The molecule has 5 nitrogen and oxygen atoms in total. The van der Waals surface area contributed by atoms with Crippen molar-refractivity contribution in [3.63, 3.8) is 0 Å². The fraction of sp³-hybridized carbons (Fsp3) is 1.00. The Kier molecular flexibility index (Phi) is 16.0. The Hall–Kier alpha value is 0.0700. The van der Waals surface area contributed by atoms with E-state index in [1.165, 1.54) is 77.0 Å². The molecule has 0 bridgehead atoms. The Balaban J connectivity index is 3.01. The average molecular weight is 337 g/mol. The molecule has 0 aromatic rings. The van der Waals surface area contributed by atoms with Crippen LogP contribution in [0.1, 0.15) is 96.8 Å². The lowest BCUT2D eigenvalue weighted by Crippen LogP contribution is -2.14. The van der Waals surface area contributed by atoms with Crippen molar-refractivity contribution in [2.45, 2.75) is 96.8 Å². The molecule has 0 spiro atoms. The molecule has 0 fully saturated rings. The Morgan fingerprint density at radius 3 is 1.45 bits per heavy atom. The van der Waals surface area contributed by atoms with E-state index in [2.05, 4.69) is 17.0 Å². The summed E-state index contributed by atoms with van der Waals surface area (Å²) in [5.74, 6) is 0. The molecule has 0 aromatic carbocycles.